The van der Waals surface area contributed by atoms with Crippen LogP contribution in [0.15, 0.2) is 29.6 Å². The highest BCUT2D eigenvalue weighted by atomic mass is 35.5. The van der Waals surface area contributed by atoms with Crippen LogP contribution < -0.4 is 5.32 Å². The van der Waals surface area contributed by atoms with Crippen molar-refractivity contribution >= 4 is 34.8 Å². The summed E-state index contributed by atoms with van der Waals surface area (Å²) in [6.07, 6.45) is 4.60. The summed E-state index contributed by atoms with van der Waals surface area (Å²) in [5.74, 6) is -0.851. The third-order valence-corrected chi connectivity index (χ3v) is 5.52. The lowest BCUT2D eigenvalue weighted by atomic mass is 9.95. The molecule has 0 saturated heterocycles. The quantitative estimate of drug-likeness (QED) is 0.763. The van der Waals surface area contributed by atoms with Gasteiger partial charge in [0.05, 0.1) is 0 Å². The highest BCUT2D eigenvalue weighted by Gasteiger charge is 2.24. The zero-order chi connectivity index (χ0) is 18.5. The van der Waals surface area contributed by atoms with Crippen LogP contribution in [0.1, 0.15) is 49.5 Å². The molecule has 0 spiro atoms. The SMILES string of the molecule is C[C@H](OC(=O)c1csc(-c2cccc(Cl)c2)n1)C(=O)NC1CCCCC1. The van der Waals surface area contributed by atoms with E-state index in [1.54, 1.807) is 24.4 Å². The first-order valence-electron chi connectivity index (χ1n) is 8.76. The van der Waals surface area contributed by atoms with Crippen LogP contribution in [-0.2, 0) is 9.53 Å². The van der Waals surface area contributed by atoms with E-state index in [-0.39, 0.29) is 17.6 Å². The van der Waals surface area contributed by atoms with Crippen LogP contribution in [0.2, 0.25) is 5.02 Å². The van der Waals surface area contributed by atoms with Crippen LogP contribution in [0.4, 0.5) is 0 Å². The molecule has 0 radical (unpaired) electrons. The number of carbonyl (C=O) groups excluding carboxylic acids is 2. The molecule has 2 aromatic rings. The molecule has 138 valence electrons. The highest BCUT2D eigenvalue weighted by molar-refractivity contribution is 7.13. The monoisotopic (exact) mass is 392 g/mol. The van der Waals surface area contributed by atoms with Gasteiger partial charge in [0.15, 0.2) is 11.8 Å². The molecule has 1 aromatic heterocycles. The Hall–Kier alpha value is -1.92. The van der Waals surface area contributed by atoms with Crippen molar-refractivity contribution in [2.24, 2.45) is 0 Å². The van der Waals surface area contributed by atoms with E-state index >= 15 is 0 Å². The molecule has 0 unspecified atom stereocenters. The number of ether oxygens (including phenoxy) is 1. The van der Waals surface area contributed by atoms with Crippen LogP contribution >= 0.6 is 22.9 Å². The van der Waals surface area contributed by atoms with Crippen LogP contribution in [0.3, 0.4) is 0 Å². The molecule has 1 atom stereocenters. The van der Waals surface area contributed by atoms with Gasteiger partial charge >= 0.3 is 5.97 Å². The maximum absolute atomic E-state index is 12.3. The van der Waals surface area contributed by atoms with E-state index in [9.17, 15) is 9.59 Å². The number of hydrogen-bond acceptors (Lipinski definition) is 5. The molecule has 1 aromatic carbocycles. The van der Waals surface area contributed by atoms with Crippen LogP contribution in [0.25, 0.3) is 10.6 Å². The average molecular weight is 393 g/mol. The standard InChI is InChI=1S/C19H21ClN2O3S/c1-12(17(23)21-15-8-3-2-4-9-15)25-19(24)16-11-26-18(22-16)13-6-5-7-14(20)10-13/h5-7,10-12,15H,2-4,8-9H2,1H3,(H,21,23)/t12-/m0/s1. The number of nitrogens with zero attached hydrogens (tertiary/aromatic N) is 1. The van der Waals surface area contributed by atoms with Crippen LogP contribution in [-0.4, -0.2) is 29.0 Å². The third-order valence-electron chi connectivity index (χ3n) is 4.39. The second-order valence-electron chi connectivity index (χ2n) is 6.44. The van der Waals surface area contributed by atoms with E-state index in [1.807, 2.05) is 12.1 Å². The van der Waals surface area contributed by atoms with Crippen molar-refractivity contribution in [3.8, 4) is 10.6 Å². The topological polar surface area (TPSA) is 68.3 Å². The van der Waals surface area contributed by atoms with Crippen molar-refractivity contribution in [3.63, 3.8) is 0 Å². The normalized spacial score (nSPS) is 16.1. The maximum atomic E-state index is 12.3. The molecule has 1 heterocycles. The number of hydrogen-bond donors (Lipinski definition) is 1. The van der Waals surface area contributed by atoms with Crippen molar-refractivity contribution in [1.29, 1.82) is 0 Å². The fourth-order valence-corrected chi connectivity index (χ4v) is 3.94. The van der Waals surface area contributed by atoms with Crippen LogP contribution in [0.5, 0.6) is 0 Å². The van der Waals surface area contributed by atoms with Gasteiger partial charge in [-0.25, -0.2) is 9.78 Å². The molecule has 1 fully saturated rings. The zero-order valence-electron chi connectivity index (χ0n) is 14.5. The Morgan fingerprint density at radius 3 is 2.81 bits per heavy atom. The van der Waals surface area contributed by atoms with Crippen molar-refractivity contribution in [1.82, 2.24) is 10.3 Å². The summed E-state index contributed by atoms with van der Waals surface area (Å²) < 4.78 is 5.28. The van der Waals surface area contributed by atoms with Gasteiger partial charge in [-0.1, -0.05) is 43.0 Å². The third kappa shape index (κ3) is 4.83. The summed E-state index contributed by atoms with van der Waals surface area (Å²) in [5.41, 5.74) is 1.03. The fraction of sp³-hybridized carbons (Fsp3) is 0.421. The van der Waals surface area contributed by atoms with E-state index in [1.165, 1.54) is 17.8 Å². The number of halogens is 1. The molecule has 5 nitrogen and oxygen atoms in total. The Balaban J connectivity index is 1.58. The largest absolute Gasteiger partial charge is 0.448 e. The molecule has 0 bridgehead atoms. The van der Waals surface area contributed by atoms with Gasteiger partial charge in [-0.05, 0) is 31.9 Å². The smallest absolute Gasteiger partial charge is 0.358 e. The number of esters is 1. The average Bonchev–Trinajstić information content (AvgIpc) is 3.13. The number of amides is 1. The Kier molecular flexibility index (Phi) is 6.27. The fourth-order valence-electron chi connectivity index (χ4n) is 2.96. The summed E-state index contributed by atoms with van der Waals surface area (Å²) in [7, 11) is 0. The summed E-state index contributed by atoms with van der Waals surface area (Å²) in [5, 5.41) is 5.88. The second-order valence-corrected chi connectivity index (χ2v) is 7.73. The predicted molar refractivity (Wildman–Crippen MR) is 102 cm³/mol. The Labute approximate surface area is 161 Å². The minimum Gasteiger partial charge on any atom is -0.448 e. The van der Waals surface area contributed by atoms with Gasteiger partial charge in [0.1, 0.15) is 5.01 Å². The Morgan fingerprint density at radius 1 is 1.31 bits per heavy atom. The minimum absolute atomic E-state index is 0.186. The zero-order valence-corrected chi connectivity index (χ0v) is 16.1. The van der Waals surface area contributed by atoms with Gasteiger partial charge in [-0.15, -0.1) is 11.3 Å². The summed E-state index contributed by atoms with van der Waals surface area (Å²) in [6, 6.07) is 7.46. The highest BCUT2D eigenvalue weighted by Crippen LogP contribution is 2.26. The van der Waals surface area contributed by atoms with E-state index in [2.05, 4.69) is 10.3 Å². The molecule has 26 heavy (non-hydrogen) atoms. The minimum atomic E-state index is -0.847. The van der Waals surface area contributed by atoms with Gasteiger partial charge in [-0.3, -0.25) is 4.79 Å². The van der Waals surface area contributed by atoms with Gasteiger partial charge in [0.2, 0.25) is 0 Å². The lowest BCUT2D eigenvalue weighted by Crippen LogP contribution is -2.42. The number of carbonyl (C=O) groups is 2. The summed E-state index contributed by atoms with van der Waals surface area (Å²) >= 11 is 7.32. The lowest BCUT2D eigenvalue weighted by molar-refractivity contribution is -0.130. The Morgan fingerprint density at radius 2 is 2.08 bits per heavy atom. The summed E-state index contributed by atoms with van der Waals surface area (Å²) in [6.45, 7) is 1.58. The second kappa shape index (κ2) is 8.64. The predicted octanol–water partition coefficient (Wildman–Crippen LogP) is 4.46. The molecule has 1 saturated carbocycles. The first-order chi connectivity index (χ1) is 12.5. The molecular weight excluding hydrogens is 372 g/mol. The molecule has 3 rings (SSSR count). The Bertz CT molecular complexity index is 787. The first-order valence-corrected chi connectivity index (χ1v) is 10.0. The lowest BCUT2D eigenvalue weighted by Gasteiger charge is -2.24. The maximum Gasteiger partial charge on any atom is 0.358 e. The first kappa shape index (κ1) is 18.9. The molecule has 1 aliphatic carbocycles. The van der Waals surface area contributed by atoms with E-state index in [0.717, 1.165) is 31.2 Å². The van der Waals surface area contributed by atoms with Crippen molar-refractivity contribution in [2.45, 2.75) is 51.2 Å². The van der Waals surface area contributed by atoms with Gasteiger partial charge < -0.3 is 10.1 Å². The number of rotatable bonds is 5. The molecular formula is C19H21ClN2O3S. The van der Waals surface area contributed by atoms with Gasteiger partial charge in [-0.2, -0.15) is 0 Å². The van der Waals surface area contributed by atoms with E-state index < -0.39 is 12.1 Å². The van der Waals surface area contributed by atoms with Crippen LogP contribution in [0, 0.1) is 0 Å². The number of aromatic nitrogens is 1. The van der Waals surface area contributed by atoms with Crippen molar-refractivity contribution in [3.05, 3.63) is 40.4 Å². The molecule has 1 amide bonds. The van der Waals surface area contributed by atoms with E-state index in [4.69, 9.17) is 16.3 Å². The molecule has 7 heteroatoms. The molecule has 1 N–H and O–H groups in total. The van der Waals surface area contributed by atoms with E-state index in [0.29, 0.717) is 10.0 Å². The number of nitrogens with one attached hydrogen (secondary N) is 1. The van der Waals surface area contributed by atoms with Crippen molar-refractivity contribution in [2.75, 3.05) is 0 Å². The summed E-state index contributed by atoms with van der Waals surface area (Å²) in [4.78, 5) is 28.8. The molecule has 1 aliphatic rings. The number of thiazole rings is 1. The van der Waals surface area contributed by atoms with Gasteiger partial charge in [0, 0.05) is 22.0 Å². The van der Waals surface area contributed by atoms with Crippen molar-refractivity contribution < 1.29 is 14.3 Å². The number of benzene rings is 1. The molecule has 0 aliphatic heterocycles. The van der Waals surface area contributed by atoms with Gasteiger partial charge in [0.25, 0.3) is 5.91 Å².